The van der Waals surface area contributed by atoms with Crippen LogP contribution in [0, 0.1) is 23.5 Å². The maximum Gasteiger partial charge on any atom is 0.338 e. The number of ether oxygens (including phenoxy) is 2. The number of nitrogens with one attached hydrogen (secondary N) is 2. The summed E-state index contributed by atoms with van der Waals surface area (Å²) in [6, 6.07) is 6.37. The van der Waals surface area contributed by atoms with E-state index in [4.69, 9.17) is 41.3 Å². The lowest BCUT2D eigenvalue weighted by Crippen LogP contribution is -2.39. The van der Waals surface area contributed by atoms with E-state index in [2.05, 4.69) is 36.5 Å². The number of amidine groups is 2. The number of likely N-dealkylation sites (tertiary alicyclic amines) is 2. The summed E-state index contributed by atoms with van der Waals surface area (Å²) in [5.41, 5.74) is 2.43. The fourth-order valence-corrected chi connectivity index (χ4v) is 12.4. The fourth-order valence-electron chi connectivity index (χ4n) is 8.58. The summed E-state index contributed by atoms with van der Waals surface area (Å²) in [7, 11) is 0. The van der Waals surface area contributed by atoms with Gasteiger partial charge in [0.25, 0.3) is 0 Å². The third kappa shape index (κ3) is 14.7. The highest BCUT2D eigenvalue weighted by Crippen LogP contribution is 2.40. The zero-order valence-electron chi connectivity index (χ0n) is 39.7. The Hall–Kier alpha value is -4.89. The Labute approximate surface area is 453 Å². The first kappa shape index (κ1) is 56.8. The number of carbonyl (C=O) groups is 4. The van der Waals surface area contributed by atoms with Gasteiger partial charge in [-0.05, 0) is 43.7 Å². The quantitative estimate of drug-likeness (QED) is 0.0489. The average Bonchev–Trinajstić information content (AvgIpc) is 4.19. The van der Waals surface area contributed by atoms with Crippen molar-refractivity contribution >= 4 is 109 Å². The van der Waals surface area contributed by atoms with Gasteiger partial charge in [0.2, 0.25) is 0 Å². The van der Waals surface area contributed by atoms with Crippen LogP contribution in [0.25, 0.3) is 0 Å². The number of hydrogen-bond donors (Lipinski definition) is 4. The van der Waals surface area contributed by atoms with Gasteiger partial charge in [0.05, 0.1) is 35.9 Å². The van der Waals surface area contributed by atoms with Gasteiger partial charge in [0, 0.05) is 112 Å². The summed E-state index contributed by atoms with van der Waals surface area (Å²) >= 11 is 14.9. The van der Waals surface area contributed by atoms with Gasteiger partial charge in [-0.2, -0.15) is 0 Å². The molecule has 26 heteroatoms. The van der Waals surface area contributed by atoms with Crippen LogP contribution in [0.2, 0.25) is 5.02 Å². The second-order valence-electron chi connectivity index (χ2n) is 17.0. The molecule has 6 atom stereocenters. The normalized spacial score (nSPS) is 22.1. The molecule has 396 valence electrons. The predicted octanol–water partition coefficient (Wildman–Crippen LogP) is 7.97. The lowest BCUT2D eigenvalue weighted by atomic mass is 9.95. The van der Waals surface area contributed by atoms with Crippen molar-refractivity contribution in [3.05, 3.63) is 124 Å². The van der Waals surface area contributed by atoms with Gasteiger partial charge in [0.15, 0.2) is 21.7 Å². The number of carboxylic acid groups (broad SMARTS) is 2. The number of carboxylic acids is 2. The Kier molecular flexibility index (Phi) is 20.5. The number of aliphatic imine (C=N–C) groups is 2. The molecular formula is C48H50BrClF4N8O8S4. The van der Waals surface area contributed by atoms with E-state index in [-0.39, 0.29) is 78.9 Å². The standard InChI is InChI=1S/C24H25BrF2N4O4S2.C24H25ClF2N4O4S2/c2*1-2-35-24(34)20-18(10-31-8-13(17(27)9-31)11-36-12-19(32)33)29-22(23-28-5-6-37-23)30-21(20)15-4-3-14(26)7-16(15)25/h2*3-7,13,17,21H,2,8-12H2,1H3,(H,29,30)(H,32,33). The highest BCUT2D eigenvalue weighted by Gasteiger charge is 2.40. The molecule has 4 N–H and O–H groups in total. The van der Waals surface area contributed by atoms with E-state index in [0.717, 1.165) is 6.07 Å². The van der Waals surface area contributed by atoms with Crippen molar-refractivity contribution in [1.29, 1.82) is 0 Å². The first-order chi connectivity index (χ1) is 35.5. The molecule has 4 aliphatic heterocycles. The van der Waals surface area contributed by atoms with Crippen LogP contribution in [0.4, 0.5) is 17.6 Å². The number of halogens is 6. The maximum absolute atomic E-state index is 14.8. The molecule has 0 spiro atoms. The molecular weight excluding hydrogens is 1140 g/mol. The molecule has 0 bridgehead atoms. The van der Waals surface area contributed by atoms with E-state index in [9.17, 15) is 36.7 Å². The van der Waals surface area contributed by atoms with Gasteiger partial charge < -0.3 is 30.3 Å². The molecule has 6 heterocycles. The summed E-state index contributed by atoms with van der Waals surface area (Å²) in [5.74, 6) is -3.22. The number of thiazole rings is 2. The van der Waals surface area contributed by atoms with Crippen LogP contribution < -0.4 is 10.6 Å². The van der Waals surface area contributed by atoms with E-state index in [1.807, 2.05) is 9.80 Å². The van der Waals surface area contributed by atoms with Crippen molar-refractivity contribution < 1.29 is 56.4 Å². The minimum Gasteiger partial charge on any atom is -0.481 e. The molecule has 6 unspecified atom stereocenters. The Bertz CT molecular complexity index is 2610. The Morgan fingerprint density at radius 2 is 1.18 bits per heavy atom. The first-order valence-corrected chi connectivity index (χ1v) is 28.3. The van der Waals surface area contributed by atoms with Crippen LogP contribution in [0.1, 0.15) is 47.1 Å². The van der Waals surface area contributed by atoms with Crippen LogP contribution >= 0.6 is 73.7 Å². The molecule has 4 aliphatic rings. The van der Waals surface area contributed by atoms with Crippen LogP contribution in [0.3, 0.4) is 0 Å². The van der Waals surface area contributed by atoms with Crippen molar-refractivity contribution in [3.63, 3.8) is 0 Å². The van der Waals surface area contributed by atoms with Crippen molar-refractivity contribution in [3.8, 4) is 0 Å². The van der Waals surface area contributed by atoms with E-state index in [1.165, 1.54) is 70.5 Å². The minimum atomic E-state index is -1.13. The number of rotatable bonds is 20. The molecule has 8 rings (SSSR count). The van der Waals surface area contributed by atoms with E-state index in [0.29, 0.717) is 73.3 Å². The summed E-state index contributed by atoms with van der Waals surface area (Å²) in [5, 5.41) is 29.1. The maximum atomic E-state index is 14.8. The first-order valence-electron chi connectivity index (χ1n) is 23.0. The summed E-state index contributed by atoms with van der Waals surface area (Å²) < 4.78 is 68.5. The van der Waals surface area contributed by atoms with E-state index in [1.54, 1.807) is 43.1 Å². The number of carbonyl (C=O) groups excluding carboxylic acids is 2. The second-order valence-corrected chi connectivity index (χ2v) is 22.1. The monoisotopic (exact) mass is 1180 g/mol. The third-order valence-electron chi connectivity index (χ3n) is 11.8. The number of benzene rings is 2. The number of alkyl halides is 2. The minimum absolute atomic E-state index is 0.0786. The van der Waals surface area contributed by atoms with Crippen LogP contribution in [-0.2, 0) is 28.7 Å². The zero-order chi connectivity index (χ0) is 53.1. The van der Waals surface area contributed by atoms with Crippen molar-refractivity contribution in [2.24, 2.45) is 21.8 Å². The lowest BCUT2D eigenvalue weighted by Gasteiger charge is -2.29. The number of aliphatic carboxylic acids is 2. The number of hydrogen-bond acceptors (Lipinski definition) is 18. The topological polar surface area (TPSA) is 208 Å². The van der Waals surface area contributed by atoms with Gasteiger partial charge >= 0.3 is 23.9 Å². The molecule has 2 saturated heterocycles. The number of thioether (sulfide) groups is 2. The van der Waals surface area contributed by atoms with Crippen LogP contribution in [0.15, 0.2) is 96.5 Å². The molecule has 16 nitrogen and oxygen atoms in total. The molecule has 0 saturated carbocycles. The van der Waals surface area contributed by atoms with Gasteiger partial charge in [-0.1, -0.05) is 39.7 Å². The summed E-state index contributed by atoms with van der Waals surface area (Å²) in [6.07, 6.45) is 1.02. The predicted molar refractivity (Wildman–Crippen MR) is 281 cm³/mol. The van der Waals surface area contributed by atoms with Crippen molar-refractivity contribution in [2.45, 2.75) is 38.3 Å². The summed E-state index contributed by atoms with van der Waals surface area (Å²) in [4.78, 5) is 70.0. The molecule has 4 aromatic rings. The number of nitrogens with zero attached hydrogens (tertiary/aromatic N) is 6. The van der Waals surface area contributed by atoms with Crippen molar-refractivity contribution in [1.82, 2.24) is 30.4 Å². The van der Waals surface area contributed by atoms with E-state index >= 15 is 0 Å². The molecule has 2 aromatic heterocycles. The Morgan fingerprint density at radius 3 is 1.58 bits per heavy atom. The SMILES string of the molecule is CCOC(=O)C1=C(CN2CC(F)C(CSCC(=O)O)C2)NC(c2nccs2)=NC1c1ccc(F)cc1Br.CCOC(=O)C1=C(CN2CC(F)C(CSCC(=O)O)C2)NC(c2nccs2)=NC1c1ccc(F)cc1Cl. The molecule has 2 fully saturated rings. The zero-order valence-corrected chi connectivity index (χ0v) is 45.3. The van der Waals surface area contributed by atoms with Gasteiger partial charge in [-0.3, -0.25) is 29.4 Å². The van der Waals surface area contributed by atoms with Gasteiger partial charge in [-0.25, -0.2) is 37.1 Å². The van der Waals surface area contributed by atoms with E-state index < -0.39 is 59.9 Å². The lowest BCUT2D eigenvalue weighted by molar-refractivity contribution is -0.139. The highest BCUT2D eigenvalue weighted by atomic mass is 79.9. The second kappa shape index (κ2) is 26.7. The molecule has 74 heavy (non-hydrogen) atoms. The number of esters is 2. The Balaban J connectivity index is 0.000000216. The fraction of sp³-hybridized carbons (Fsp3) is 0.417. The van der Waals surface area contributed by atoms with Gasteiger partial charge in [0.1, 0.15) is 36.1 Å². The molecule has 0 amide bonds. The highest BCUT2D eigenvalue weighted by molar-refractivity contribution is 9.10. The Morgan fingerprint density at radius 1 is 0.730 bits per heavy atom. The van der Waals surface area contributed by atoms with Crippen LogP contribution in [0.5, 0.6) is 0 Å². The van der Waals surface area contributed by atoms with Gasteiger partial charge in [-0.15, -0.1) is 46.2 Å². The third-order valence-corrected chi connectivity index (χ3v) is 16.6. The molecule has 0 radical (unpaired) electrons. The number of aromatic nitrogens is 2. The van der Waals surface area contributed by atoms with Crippen molar-refractivity contribution in [2.75, 3.05) is 75.5 Å². The van der Waals surface area contributed by atoms with Crippen LogP contribution in [-0.4, -0.2) is 153 Å². The molecule has 2 aromatic carbocycles. The summed E-state index contributed by atoms with van der Waals surface area (Å²) in [6.45, 7) is 5.14. The average molecular weight is 1190 g/mol. The molecule has 0 aliphatic carbocycles. The largest absolute Gasteiger partial charge is 0.481 e. The smallest absolute Gasteiger partial charge is 0.338 e.